The van der Waals surface area contributed by atoms with Gasteiger partial charge in [-0.15, -0.1) is 0 Å². The lowest BCUT2D eigenvalue weighted by molar-refractivity contribution is -0.123. The van der Waals surface area contributed by atoms with Crippen LogP contribution in [0.25, 0.3) is 0 Å². The average molecular weight is 250 g/mol. The van der Waals surface area contributed by atoms with Crippen molar-refractivity contribution in [1.29, 1.82) is 0 Å². The fraction of sp³-hybridized carbons (Fsp3) is 0.500. The van der Waals surface area contributed by atoms with E-state index in [0.717, 1.165) is 0 Å². The second kappa shape index (κ2) is 7.01. The molecule has 4 heteroatoms. The Morgan fingerprint density at radius 2 is 1.89 bits per heavy atom. The highest BCUT2D eigenvalue weighted by atomic mass is 16.5. The molecule has 0 aromatic heterocycles. The molecule has 1 amide bonds. The molecule has 1 unspecified atom stereocenters. The molecule has 3 N–H and O–H groups in total. The Morgan fingerprint density at radius 3 is 2.39 bits per heavy atom. The van der Waals surface area contributed by atoms with Gasteiger partial charge in [0.2, 0.25) is 0 Å². The highest BCUT2D eigenvalue weighted by Crippen LogP contribution is 2.18. The maximum atomic E-state index is 11.4. The predicted octanol–water partition coefficient (Wildman–Crippen LogP) is 1.65. The molecule has 0 aliphatic rings. The van der Waals surface area contributed by atoms with Gasteiger partial charge in [-0.25, -0.2) is 0 Å². The number of carbonyl (C=O) groups is 1. The zero-order chi connectivity index (χ0) is 13.5. The summed E-state index contributed by atoms with van der Waals surface area (Å²) in [7, 11) is 0. The largest absolute Gasteiger partial charge is 0.484 e. The number of rotatable bonds is 6. The van der Waals surface area contributed by atoms with Gasteiger partial charge in [-0.1, -0.05) is 26.0 Å². The Balaban J connectivity index is 2.37. The van der Waals surface area contributed by atoms with Crippen LogP contribution in [0.1, 0.15) is 32.3 Å². The van der Waals surface area contributed by atoms with E-state index >= 15 is 0 Å². The number of hydrogen-bond acceptors (Lipinski definition) is 3. The lowest BCUT2D eigenvalue weighted by Crippen LogP contribution is -2.37. The molecule has 0 bridgehead atoms. The van der Waals surface area contributed by atoms with Crippen molar-refractivity contribution < 1.29 is 9.53 Å². The minimum Gasteiger partial charge on any atom is -0.484 e. The number of ether oxygens (including phenoxy) is 1. The molecular formula is C14H22N2O2. The molecule has 1 rings (SSSR count). The zero-order valence-electron chi connectivity index (χ0n) is 11.3. The molecule has 100 valence electrons. The predicted molar refractivity (Wildman–Crippen MR) is 72.7 cm³/mol. The first-order valence-electron chi connectivity index (χ1n) is 6.24. The first-order valence-corrected chi connectivity index (χ1v) is 6.24. The molecule has 0 fully saturated rings. The molecule has 1 atom stereocenters. The van der Waals surface area contributed by atoms with Crippen molar-refractivity contribution in [3.8, 4) is 5.75 Å². The third kappa shape index (κ3) is 5.19. The van der Waals surface area contributed by atoms with Crippen LogP contribution >= 0.6 is 0 Å². The van der Waals surface area contributed by atoms with Gasteiger partial charge < -0.3 is 15.8 Å². The van der Waals surface area contributed by atoms with Gasteiger partial charge >= 0.3 is 0 Å². The van der Waals surface area contributed by atoms with Crippen molar-refractivity contribution in [3.05, 3.63) is 29.8 Å². The van der Waals surface area contributed by atoms with Crippen LogP contribution < -0.4 is 15.8 Å². The van der Waals surface area contributed by atoms with Crippen molar-refractivity contribution in [1.82, 2.24) is 5.32 Å². The van der Waals surface area contributed by atoms with Crippen molar-refractivity contribution in [2.75, 3.05) is 13.2 Å². The van der Waals surface area contributed by atoms with Crippen LogP contribution in [-0.4, -0.2) is 25.1 Å². The van der Waals surface area contributed by atoms with E-state index in [2.05, 4.69) is 19.2 Å². The summed E-state index contributed by atoms with van der Waals surface area (Å²) in [5, 5.41) is 2.69. The number of nitrogens with two attached hydrogens (primary N) is 1. The number of hydrogen-bond donors (Lipinski definition) is 2. The normalized spacial score (nSPS) is 12.3. The van der Waals surface area contributed by atoms with E-state index in [-0.39, 0.29) is 18.6 Å². The van der Waals surface area contributed by atoms with E-state index in [1.165, 1.54) is 5.56 Å². The van der Waals surface area contributed by atoms with Crippen LogP contribution in [0, 0.1) is 0 Å². The monoisotopic (exact) mass is 250 g/mol. The van der Waals surface area contributed by atoms with Gasteiger partial charge in [-0.05, 0) is 30.5 Å². The van der Waals surface area contributed by atoms with E-state index in [0.29, 0.717) is 18.2 Å². The Kier molecular flexibility index (Phi) is 5.65. The van der Waals surface area contributed by atoms with E-state index in [9.17, 15) is 4.79 Å². The molecule has 4 nitrogen and oxygen atoms in total. The summed E-state index contributed by atoms with van der Waals surface area (Å²) in [6, 6.07) is 7.75. The summed E-state index contributed by atoms with van der Waals surface area (Å²) in [4.78, 5) is 11.4. The molecule has 0 aliphatic carbocycles. The van der Waals surface area contributed by atoms with Crippen LogP contribution in [-0.2, 0) is 4.79 Å². The first-order chi connectivity index (χ1) is 8.49. The first kappa shape index (κ1) is 14.5. The Bertz CT molecular complexity index is 372. The van der Waals surface area contributed by atoms with Gasteiger partial charge in [-0.3, -0.25) is 4.79 Å². The lowest BCUT2D eigenvalue weighted by atomic mass is 10.0. The molecule has 0 saturated carbocycles. The topological polar surface area (TPSA) is 64.3 Å². The van der Waals surface area contributed by atoms with Crippen LogP contribution in [0.5, 0.6) is 5.75 Å². The maximum absolute atomic E-state index is 11.4. The molecular weight excluding hydrogens is 228 g/mol. The molecule has 0 saturated heterocycles. The summed E-state index contributed by atoms with van der Waals surface area (Å²) in [6.07, 6.45) is 0. The summed E-state index contributed by atoms with van der Waals surface area (Å²) in [6.45, 7) is 6.60. The van der Waals surface area contributed by atoms with Crippen molar-refractivity contribution in [2.45, 2.75) is 32.7 Å². The standard InChI is InChI=1S/C14H22N2O2/c1-10(2)12-4-6-13(7-5-12)18-9-14(17)16-8-11(3)15/h4-7,10-11H,8-9,15H2,1-3H3,(H,16,17). The lowest BCUT2D eigenvalue weighted by Gasteiger charge is -2.10. The van der Waals surface area contributed by atoms with Crippen molar-refractivity contribution in [2.24, 2.45) is 5.73 Å². The number of nitrogens with one attached hydrogen (secondary N) is 1. The average Bonchev–Trinajstić information content (AvgIpc) is 2.34. The highest BCUT2D eigenvalue weighted by Gasteiger charge is 2.04. The third-order valence-corrected chi connectivity index (χ3v) is 2.54. The Labute approximate surface area is 109 Å². The molecule has 0 heterocycles. The van der Waals surface area contributed by atoms with Gasteiger partial charge in [0.1, 0.15) is 5.75 Å². The van der Waals surface area contributed by atoms with Gasteiger partial charge in [0.15, 0.2) is 6.61 Å². The molecule has 0 radical (unpaired) electrons. The fourth-order valence-electron chi connectivity index (χ4n) is 1.42. The SMILES string of the molecule is CC(N)CNC(=O)COc1ccc(C(C)C)cc1. The highest BCUT2D eigenvalue weighted by molar-refractivity contribution is 5.77. The molecule has 0 spiro atoms. The van der Waals surface area contributed by atoms with Crippen LogP contribution in [0.4, 0.5) is 0 Å². The summed E-state index contributed by atoms with van der Waals surface area (Å²) in [5.41, 5.74) is 6.79. The van der Waals surface area contributed by atoms with Crippen molar-refractivity contribution >= 4 is 5.91 Å². The zero-order valence-corrected chi connectivity index (χ0v) is 11.3. The van der Waals surface area contributed by atoms with Crippen LogP contribution in [0.3, 0.4) is 0 Å². The van der Waals surface area contributed by atoms with Gasteiger partial charge in [0.05, 0.1) is 0 Å². The number of carbonyl (C=O) groups excluding carboxylic acids is 1. The third-order valence-electron chi connectivity index (χ3n) is 2.54. The minimum atomic E-state index is -0.153. The summed E-state index contributed by atoms with van der Waals surface area (Å²) >= 11 is 0. The van der Waals surface area contributed by atoms with Crippen LogP contribution in [0.2, 0.25) is 0 Å². The van der Waals surface area contributed by atoms with E-state index in [1.54, 1.807) is 0 Å². The summed E-state index contributed by atoms with van der Waals surface area (Å²) in [5.74, 6) is 1.05. The van der Waals surface area contributed by atoms with Crippen LogP contribution in [0.15, 0.2) is 24.3 Å². The van der Waals surface area contributed by atoms with Gasteiger partial charge in [0, 0.05) is 12.6 Å². The van der Waals surface area contributed by atoms with Crippen molar-refractivity contribution in [3.63, 3.8) is 0 Å². The van der Waals surface area contributed by atoms with E-state index in [4.69, 9.17) is 10.5 Å². The van der Waals surface area contributed by atoms with E-state index < -0.39 is 0 Å². The second-order valence-electron chi connectivity index (χ2n) is 4.79. The van der Waals surface area contributed by atoms with E-state index in [1.807, 2.05) is 31.2 Å². The molecule has 1 aromatic rings. The fourth-order valence-corrected chi connectivity index (χ4v) is 1.42. The molecule has 0 aliphatic heterocycles. The quantitative estimate of drug-likeness (QED) is 0.807. The molecule has 1 aromatic carbocycles. The summed E-state index contributed by atoms with van der Waals surface area (Å²) < 4.78 is 5.38. The second-order valence-corrected chi connectivity index (χ2v) is 4.79. The smallest absolute Gasteiger partial charge is 0.257 e. The molecule has 18 heavy (non-hydrogen) atoms. The van der Waals surface area contributed by atoms with Gasteiger partial charge in [-0.2, -0.15) is 0 Å². The number of benzene rings is 1. The maximum Gasteiger partial charge on any atom is 0.257 e. The minimum absolute atomic E-state index is 0.0216. The van der Waals surface area contributed by atoms with Gasteiger partial charge in [0.25, 0.3) is 5.91 Å². The Hall–Kier alpha value is -1.55. The Morgan fingerprint density at radius 1 is 1.28 bits per heavy atom. The number of amides is 1.